The quantitative estimate of drug-likeness (QED) is 0.484. The molecule has 1 aliphatic rings. The Balaban J connectivity index is 1.33. The van der Waals surface area contributed by atoms with Crippen molar-refractivity contribution in [2.24, 2.45) is 5.92 Å². The van der Waals surface area contributed by atoms with Gasteiger partial charge in [-0.05, 0) is 57.9 Å². The molecule has 0 aliphatic carbocycles. The summed E-state index contributed by atoms with van der Waals surface area (Å²) in [5, 5.41) is 8.70. The van der Waals surface area contributed by atoms with Gasteiger partial charge < -0.3 is 14.6 Å². The van der Waals surface area contributed by atoms with E-state index in [1.54, 1.807) is 11.3 Å². The van der Waals surface area contributed by atoms with E-state index < -0.39 is 0 Å². The van der Waals surface area contributed by atoms with Crippen LogP contribution in [-0.2, 0) is 11.3 Å². The summed E-state index contributed by atoms with van der Waals surface area (Å²) >= 11 is 1.66. The summed E-state index contributed by atoms with van der Waals surface area (Å²) in [4.78, 5) is 20.0. The lowest BCUT2D eigenvalue weighted by molar-refractivity contribution is -0.125. The van der Waals surface area contributed by atoms with E-state index >= 15 is 0 Å². The van der Waals surface area contributed by atoms with Gasteiger partial charge in [-0.15, -0.1) is 0 Å². The standard InChI is InChI=1S/C24H27N5O2S/c1-15-6-9-19(10-7-15)29-22-21(17(3)27-29)32-24(26-22)28-12-4-5-18(14-28)23(30)25-13-20-11-8-16(2)31-20/h6-11,18H,4-5,12-14H2,1-3H3,(H,25,30)/t18-/m1/s1. The number of aryl methyl sites for hydroxylation is 3. The second-order valence-corrected chi connectivity index (χ2v) is 9.47. The van der Waals surface area contributed by atoms with Crippen molar-refractivity contribution >= 4 is 32.7 Å². The fourth-order valence-corrected chi connectivity index (χ4v) is 5.21. The van der Waals surface area contributed by atoms with Gasteiger partial charge in [0.15, 0.2) is 10.8 Å². The van der Waals surface area contributed by atoms with E-state index in [4.69, 9.17) is 14.5 Å². The molecule has 8 heteroatoms. The topological polar surface area (TPSA) is 76.2 Å². The summed E-state index contributed by atoms with van der Waals surface area (Å²) in [6.45, 7) is 8.02. The Bertz CT molecular complexity index is 1250. The molecule has 1 aliphatic heterocycles. The number of nitrogens with one attached hydrogen (secondary N) is 1. The number of hydrogen-bond donors (Lipinski definition) is 1. The summed E-state index contributed by atoms with van der Waals surface area (Å²) in [7, 11) is 0. The van der Waals surface area contributed by atoms with E-state index in [1.807, 2.05) is 30.7 Å². The number of aromatic nitrogens is 3. The van der Waals surface area contributed by atoms with Crippen LogP contribution in [0.25, 0.3) is 16.0 Å². The predicted octanol–water partition coefficient (Wildman–Crippen LogP) is 4.53. The summed E-state index contributed by atoms with van der Waals surface area (Å²) in [5.41, 5.74) is 4.08. The van der Waals surface area contributed by atoms with E-state index in [2.05, 4.69) is 41.4 Å². The highest BCUT2D eigenvalue weighted by molar-refractivity contribution is 7.22. The highest BCUT2D eigenvalue weighted by atomic mass is 32.1. The Kier molecular flexibility index (Phi) is 5.46. The molecule has 0 saturated carbocycles. The number of fused-ring (bicyclic) bond motifs is 1. The van der Waals surface area contributed by atoms with Crippen molar-refractivity contribution in [1.82, 2.24) is 20.1 Å². The molecule has 1 saturated heterocycles. The zero-order valence-electron chi connectivity index (χ0n) is 18.6. The molecule has 3 aromatic heterocycles. The molecule has 5 rings (SSSR count). The third-order valence-corrected chi connectivity index (χ3v) is 7.17. The van der Waals surface area contributed by atoms with Crippen molar-refractivity contribution in [2.75, 3.05) is 18.0 Å². The highest BCUT2D eigenvalue weighted by Crippen LogP contribution is 2.34. The Hall–Kier alpha value is -3.13. The number of furan rings is 1. The molecular weight excluding hydrogens is 422 g/mol. The van der Waals surface area contributed by atoms with Gasteiger partial charge in [0.1, 0.15) is 11.5 Å². The molecule has 32 heavy (non-hydrogen) atoms. The molecule has 7 nitrogen and oxygen atoms in total. The maximum atomic E-state index is 12.8. The van der Waals surface area contributed by atoms with Crippen LogP contribution in [0.4, 0.5) is 5.13 Å². The lowest BCUT2D eigenvalue weighted by Gasteiger charge is -2.31. The third kappa shape index (κ3) is 4.02. The maximum absolute atomic E-state index is 12.8. The fraction of sp³-hybridized carbons (Fsp3) is 0.375. The van der Waals surface area contributed by atoms with E-state index in [9.17, 15) is 4.79 Å². The molecule has 1 aromatic carbocycles. The van der Waals surface area contributed by atoms with E-state index in [0.29, 0.717) is 13.1 Å². The largest absolute Gasteiger partial charge is 0.465 e. The predicted molar refractivity (Wildman–Crippen MR) is 126 cm³/mol. The minimum atomic E-state index is -0.0542. The zero-order chi connectivity index (χ0) is 22.2. The minimum absolute atomic E-state index is 0.0542. The first-order valence-corrected chi connectivity index (χ1v) is 11.8. The lowest BCUT2D eigenvalue weighted by atomic mass is 9.97. The van der Waals surface area contributed by atoms with Crippen LogP contribution in [-0.4, -0.2) is 33.8 Å². The summed E-state index contributed by atoms with van der Waals surface area (Å²) in [6.07, 6.45) is 1.86. The lowest BCUT2D eigenvalue weighted by Crippen LogP contribution is -2.42. The Morgan fingerprint density at radius 3 is 2.75 bits per heavy atom. The molecule has 4 heterocycles. The van der Waals surface area contributed by atoms with Crippen molar-refractivity contribution < 1.29 is 9.21 Å². The SMILES string of the molecule is Cc1ccc(-n2nc(C)c3sc(N4CCC[C@@H](C(=O)NCc5ccc(C)o5)C4)nc32)cc1. The highest BCUT2D eigenvalue weighted by Gasteiger charge is 2.28. The molecule has 1 amide bonds. The van der Waals surface area contributed by atoms with Crippen LogP contribution < -0.4 is 10.2 Å². The van der Waals surface area contributed by atoms with Crippen LogP contribution in [0.1, 0.15) is 35.6 Å². The number of anilines is 1. The van der Waals surface area contributed by atoms with Crippen LogP contribution >= 0.6 is 11.3 Å². The first kappa shape index (κ1) is 20.8. The van der Waals surface area contributed by atoms with Gasteiger partial charge in [0.05, 0.1) is 28.5 Å². The number of carbonyl (C=O) groups excluding carboxylic acids is 1. The average Bonchev–Trinajstić information content (AvgIpc) is 3.49. The number of hydrogen-bond acceptors (Lipinski definition) is 6. The first-order valence-electron chi connectivity index (χ1n) is 11.0. The molecule has 1 fully saturated rings. The van der Waals surface area contributed by atoms with Crippen molar-refractivity contribution in [3.8, 4) is 5.69 Å². The normalized spacial score (nSPS) is 16.6. The fourth-order valence-electron chi connectivity index (χ4n) is 4.19. The summed E-state index contributed by atoms with van der Waals surface area (Å²) < 4.78 is 8.58. The first-order chi connectivity index (χ1) is 15.5. The number of benzene rings is 1. The van der Waals surface area contributed by atoms with Gasteiger partial charge in [0, 0.05) is 13.1 Å². The second-order valence-electron chi connectivity index (χ2n) is 8.50. The van der Waals surface area contributed by atoms with Crippen LogP contribution in [0.15, 0.2) is 40.8 Å². The van der Waals surface area contributed by atoms with Gasteiger partial charge in [0.25, 0.3) is 0 Å². The van der Waals surface area contributed by atoms with Crippen LogP contribution in [0, 0.1) is 26.7 Å². The monoisotopic (exact) mass is 449 g/mol. The third-order valence-electron chi connectivity index (χ3n) is 5.95. The van der Waals surface area contributed by atoms with Gasteiger partial charge in [0.2, 0.25) is 5.91 Å². The van der Waals surface area contributed by atoms with Crippen LogP contribution in [0.3, 0.4) is 0 Å². The van der Waals surface area contributed by atoms with Gasteiger partial charge in [-0.2, -0.15) is 10.1 Å². The second kappa shape index (κ2) is 8.43. The smallest absolute Gasteiger partial charge is 0.225 e. The van der Waals surface area contributed by atoms with Gasteiger partial charge in [-0.25, -0.2) is 4.68 Å². The number of rotatable bonds is 5. The number of carbonyl (C=O) groups is 1. The van der Waals surface area contributed by atoms with Crippen LogP contribution in [0.2, 0.25) is 0 Å². The molecule has 1 N–H and O–H groups in total. The van der Waals surface area contributed by atoms with Gasteiger partial charge in [-0.1, -0.05) is 29.0 Å². The Morgan fingerprint density at radius 2 is 2.00 bits per heavy atom. The molecule has 166 valence electrons. The molecule has 0 spiro atoms. The zero-order valence-corrected chi connectivity index (χ0v) is 19.4. The number of piperidine rings is 1. The Morgan fingerprint density at radius 1 is 1.19 bits per heavy atom. The molecular formula is C24H27N5O2S. The van der Waals surface area contributed by atoms with Gasteiger partial charge in [-0.3, -0.25) is 4.79 Å². The molecule has 0 bridgehead atoms. The van der Waals surface area contributed by atoms with Crippen molar-refractivity contribution in [2.45, 2.75) is 40.2 Å². The average molecular weight is 450 g/mol. The van der Waals surface area contributed by atoms with Crippen molar-refractivity contribution in [3.05, 3.63) is 59.2 Å². The van der Waals surface area contributed by atoms with Gasteiger partial charge >= 0.3 is 0 Å². The van der Waals surface area contributed by atoms with Crippen molar-refractivity contribution in [3.63, 3.8) is 0 Å². The summed E-state index contributed by atoms with van der Waals surface area (Å²) in [5.74, 6) is 1.66. The number of thiazole rings is 1. The summed E-state index contributed by atoms with van der Waals surface area (Å²) in [6, 6.07) is 12.1. The molecule has 1 atom stereocenters. The number of nitrogens with zero attached hydrogens (tertiary/aromatic N) is 4. The molecule has 0 radical (unpaired) electrons. The van der Waals surface area contributed by atoms with E-state index in [1.165, 1.54) is 5.56 Å². The van der Waals surface area contributed by atoms with Crippen LogP contribution in [0.5, 0.6) is 0 Å². The van der Waals surface area contributed by atoms with E-state index in [0.717, 1.165) is 57.8 Å². The van der Waals surface area contributed by atoms with E-state index in [-0.39, 0.29) is 11.8 Å². The minimum Gasteiger partial charge on any atom is -0.465 e. The number of amides is 1. The Labute approximate surface area is 191 Å². The maximum Gasteiger partial charge on any atom is 0.225 e. The molecule has 4 aromatic rings. The molecule has 0 unspecified atom stereocenters. The van der Waals surface area contributed by atoms with Crippen molar-refractivity contribution in [1.29, 1.82) is 0 Å².